The van der Waals surface area contributed by atoms with E-state index in [9.17, 15) is 0 Å². The highest BCUT2D eigenvalue weighted by atomic mass is 14.9. The van der Waals surface area contributed by atoms with Crippen LogP contribution >= 0.6 is 0 Å². The molecule has 0 aliphatic rings. The van der Waals surface area contributed by atoms with Crippen LogP contribution < -0.4 is 11.1 Å². The number of hydrogen-bond acceptors (Lipinski definition) is 2. The van der Waals surface area contributed by atoms with Crippen molar-refractivity contribution in [2.45, 2.75) is 40.5 Å². The molecule has 0 aromatic rings. The Balaban J connectivity index is 3.61. The van der Waals surface area contributed by atoms with Gasteiger partial charge in [-0.1, -0.05) is 34.1 Å². The van der Waals surface area contributed by atoms with E-state index in [0.717, 1.165) is 32.0 Å². The molecule has 0 spiro atoms. The van der Waals surface area contributed by atoms with Gasteiger partial charge in [0.1, 0.15) is 0 Å². The molecule has 0 heterocycles. The van der Waals surface area contributed by atoms with E-state index in [4.69, 9.17) is 5.73 Å². The monoisotopic (exact) mass is 186 g/mol. The maximum absolute atomic E-state index is 5.73. The molecule has 0 aromatic carbocycles. The first kappa shape index (κ1) is 12.9. The summed E-state index contributed by atoms with van der Waals surface area (Å²) < 4.78 is 0. The van der Waals surface area contributed by atoms with E-state index < -0.39 is 0 Å². The van der Waals surface area contributed by atoms with Crippen LogP contribution in [-0.4, -0.2) is 19.6 Å². The molecule has 0 aliphatic heterocycles. The summed E-state index contributed by atoms with van der Waals surface area (Å²) in [5.41, 5.74) is 6.01. The predicted octanol–water partition coefficient (Wildman–Crippen LogP) is 2.00. The minimum atomic E-state index is 0.285. The van der Waals surface area contributed by atoms with Crippen LogP contribution in [0.25, 0.3) is 0 Å². The fraction of sp³-hybridized carbons (Fsp3) is 1.00. The summed E-state index contributed by atoms with van der Waals surface area (Å²) in [6.07, 6.45) is 2.40. The molecule has 0 radical (unpaired) electrons. The lowest BCUT2D eigenvalue weighted by Gasteiger charge is -2.27. The summed E-state index contributed by atoms with van der Waals surface area (Å²) in [4.78, 5) is 0. The minimum Gasteiger partial charge on any atom is -0.330 e. The Kier molecular flexibility index (Phi) is 6.35. The fourth-order valence-electron chi connectivity index (χ4n) is 1.11. The highest BCUT2D eigenvalue weighted by Gasteiger charge is 2.19. The third-order valence-corrected chi connectivity index (χ3v) is 3.09. The second-order valence-electron chi connectivity index (χ2n) is 4.51. The van der Waals surface area contributed by atoms with Gasteiger partial charge in [-0.25, -0.2) is 0 Å². The highest BCUT2D eigenvalue weighted by molar-refractivity contribution is 4.76. The van der Waals surface area contributed by atoms with Crippen molar-refractivity contribution in [3.63, 3.8) is 0 Å². The van der Waals surface area contributed by atoms with Crippen molar-refractivity contribution in [2.75, 3.05) is 19.6 Å². The van der Waals surface area contributed by atoms with Crippen LogP contribution in [-0.2, 0) is 0 Å². The number of nitrogens with two attached hydrogens (primary N) is 1. The van der Waals surface area contributed by atoms with Crippen LogP contribution in [0.4, 0.5) is 0 Å². The molecular weight excluding hydrogens is 160 g/mol. The summed E-state index contributed by atoms with van der Waals surface area (Å²) >= 11 is 0. The van der Waals surface area contributed by atoms with E-state index in [-0.39, 0.29) is 5.41 Å². The van der Waals surface area contributed by atoms with Gasteiger partial charge in [0.05, 0.1) is 0 Å². The smallest absolute Gasteiger partial charge is 0.00173 e. The minimum absolute atomic E-state index is 0.285. The van der Waals surface area contributed by atoms with Crippen LogP contribution in [0, 0.1) is 11.3 Å². The topological polar surface area (TPSA) is 38.0 Å². The standard InChI is InChI=1S/C11H26N2/c1-5-10(3)7-13-9-11(4,6-2)8-12/h10,13H,5-9,12H2,1-4H3. The molecule has 2 heteroatoms. The average molecular weight is 186 g/mol. The Morgan fingerprint density at radius 2 is 2.00 bits per heavy atom. The van der Waals surface area contributed by atoms with Crippen molar-refractivity contribution in [1.82, 2.24) is 5.32 Å². The van der Waals surface area contributed by atoms with E-state index in [1.54, 1.807) is 0 Å². The molecule has 0 fully saturated rings. The lowest BCUT2D eigenvalue weighted by molar-refractivity contribution is 0.295. The van der Waals surface area contributed by atoms with E-state index in [1.807, 2.05) is 0 Å². The van der Waals surface area contributed by atoms with Crippen molar-refractivity contribution in [3.8, 4) is 0 Å². The first-order valence-electron chi connectivity index (χ1n) is 5.48. The van der Waals surface area contributed by atoms with Crippen LogP contribution in [0.2, 0.25) is 0 Å². The maximum atomic E-state index is 5.73. The molecule has 0 bridgehead atoms. The number of rotatable bonds is 7. The van der Waals surface area contributed by atoms with Gasteiger partial charge in [0.2, 0.25) is 0 Å². The SMILES string of the molecule is CCC(C)CNCC(C)(CC)CN. The summed E-state index contributed by atoms with van der Waals surface area (Å²) in [6.45, 7) is 11.9. The quantitative estimate of drug-likeness (QED) is 0.638. The lowest BCUT2D eigenvalue weighted by atomic mass is 9.87. The second-order valence-corrected chi connectivity index (χ2v) is 4.51. The van der Waals surface area contributed by atoms with Crippen LogP contribution in [0.5, 0.6) is 0 Å². The van der Waals surface area contributed by atoms with Crippen molar-refractivity contribution in [2.24, 2.45) is 17.1 Å². The number of nitrogens with one attached hydrogen (secondary N) is 1. The van der Waals surface area contributed by atoms with Gasteiger partial charge >= 0.3 is 0 Å². The Bertz CT molecular complexity index is 119. The van der Waals surface area contributed by atoms with Crippen molar-refractivity contribution >= 4 is 0 Å². The Morgan fingerprint density at radius 3 is 2.38 bits per heavy atom. The first-order chi connectivity index (χ1) is 6.08. The maximum Gasteiger partial charge on any atom is 0.00173 e. The van der Waals surface area contributed by atoms with Crippen molar-refractivity contribution < 1.29 is 0 Å². The van der Waals surface area contributed by atoms with Crippen LogP contribution in [0.3, 0.4) is 0 Å². The molecule has 0 amide bonds. The van der Waals surface area contributed by atoms with Crippen molar-refractivity contribution in [1.29, 1.82) is 0 Å². The Labute approximate surface area is 83.3 Å². The first-order valence-corrected chi connectivity index (χ1v) is 5.48. The molecule has 2 atom stereocenters. The van der Waals surface area contributed by atoms with Gasteiger partial charge in [0, 0.05) is 6.54 Å². The molecular formula is C11H26N2. The summed E-state index contributed by atoms with van der Waals surface area (Å²) in [6, 6.07) is 0. The molecule has 0 saturated carbocycles. The van der Waals surface area contributed by atoms with Crippen LogP contribution in [0.15, 0.2) is 0 Å². The summed E-state index contributed by atoms with van der Waals surface area (Å²) in [7, 11) is 0. The summed E-state index contributed by atoms with van der Waals surface area (Å²) in [5.74, 6) is 0.777. The van der Waals surface area contributed by atoms with Gasteiger partial charge in [-0.2, -0.15) is 0 Å². The molecule has 0 saturated heterocycles. The molecule has 2 unspecified atom stereocenters. The molecule has 0 aromatic heterocycles. The third-order valence-electron chi connectivity index (χ3n) is 3.09. The van der Waals surface area contributed by atoms with E-state index in [1.165, 1.54) is 6.42 Å². The molecule has 0 aliphatic carbocycles. The third kappa shape index (κ3) is 5.27. The largest absolute Gasteiger partial charge is 0.330 e. The van der Waals surface area contributed by atoms with Gasteiger partial charge in [0.15, 0.2) is 0 Å². The van der Waals surface area contributed by atoms with Gasteiger partial charge in [-0.05, 0) is 30.8 Å². The Morgan fingerprint density at radius 1 is 1.38 bits per heavy atom. The van der Waals surface area contributed by atoms with Gasteiger partial charge in [0.25, 0.3) is 0 Å². The number of hydrogen-bond donors (Lipinski definition) is 2. The van der Waals surface area contributed by atoms with E-state index >= 15 is 0 Å². The highest BCUT2D eigenvalue weighted by Crippen LogP contribution is 2.17. The second kappa shape index (κ2) is 6.39. The average Bonchev–Trinajstić information content (AvgIpc) is 2.17. The fourth-order valence-corrected chi connectivity index (χ4v) is 1.11. The Hall–Kier alpha value is -0.0800. The van der Waals surface area contributed by atoms with Crippen molar-refractivity contribution in [3.05, 3.63) is 0 Å². The van der Waals surface area contributed by atoms with Gasteiger partial charge < -0.3 is 11.1 Å². The zero-order valence-corrected chi connectivity index (χ0v) is 9.69. The van der Waals surface area contributed by atoms with E-state index in [2.05, 4.69) is 33.0 Å². The van der Waals surface area contributed by atoms with E-state index in [0.29, 0.717) is 0 Å². The molecule has 0 rings (SSSR count). The summed E-state index contributed by atoms with van der Waals surface area (Å²) in [5, 5.41) is 3.50. The molecule has 2 nitrogen and oxygen atoms in total. The molecule has 80 valence electrons. The lowest BCUT2D eigenvalue weighted by Crippen LogP contribution is -2.38. The molecule has 13 heavy (non-hydrogen) atoms. The van der Waals surface area contributed by atoms with Gasteiger partial charge in [-0.3, -0.25) is 0 Å². The zero-order valence-electron chi connectivity index (χ0n) is 9.69. The van der Waals surface area contributed by atoms with Gasteiger partial charge in [-0.15, -0.1) is 0 Å². The normalized spacial score (nSPS) is 18.2. The van der Waals surface area contributed by atoms with Crippen LogP contribution in [0.1, 0.15) is 40.5 Å². The predicted molar refractivity (Wildman–Crippen MR) is 59.8 cm³/mol. The molecule has 3 N–H and O–H groups in total. The zero-order chi connectivity index (χ0) is 10.3.